The fourth-order valence-corrected chi connectivity index (χ4v) is 3.05. The molecule has 1 aromatic heterocycles. The van der Waals surface area contributed by atoms with Crippen molar-refractivity contribution in [2.75, 3.05) is 39.4 Å². The van der Waals surface area contributed by atoms with Crippen LogP contribution in [0.15, 0.2) is 18.3 Å². The third kappa shape index (κ3) is 3.60. The Labute approximate surface area is 125 Å². The lowest BCUT2D eigenvalue weighted by molar-refractivity contribution is 0.0741. The summed E-state index contributed by atoms with van der Waals surface area (Å²) in [4.78, 5) is 19.0. The van der Waals surface area contributed by atoms with Crippen LogP contribution < -0.4 is 5.32 Å². The minimum absolute atomic E-state index is 0.109. The van der Waals surface area contributed by atoms with Crippen LogP contribution >= 0.6 is 0 Å². The molecule has 0 atom stereocenters. The Morgan fingerprint density at radius 1 is 1.29 bits per heavy atom. The molecule has 1 N–H and O–H groups in total. The van der Waals surface area contributed by atoms with Crippen molar-refractivity contribution in [3.8, 4) is 0 Å². The summed E-state index contributed by atoms with van der Waals surface area (Å²) in [5.41, 5.74) is 1.83. The van der Waals surface area contributed by atoms with Gasteiger partial charge in [-0.1, -0.05) is 0 Å². The minimum Gasteiger partial charge on any atom is -0.380 e. The molecule has 3 rings (SSSR count). The third-order valence-electron chi connectivity index (χ3n) is 4.29. The minimum atomic E-state index is 0.109. The lowest BCUT2D eigenvalue weighted by Gasteiger charge is -2.23. The van der Waals surface area contributed by atoms with E-state index in [-0.39, 0.29) is 5.91 Å². The number of hydrogen-bond acceptors (Lipinski definition) is 4. The Balaban J connectivity index is 1.73. The molecule has 5 nitrogen and oxygen atoms in total. The van der Waals surface area contributed by atoms with Crippen LogP contribution in [0.25, 0.3) is 0 Å². The molecule has 1 amide bonds. The number of hydrogen-bond donors (Lipinski definition) is 1. The van der Waals surface area contributed by atoms with E-state index in [0.29, 0.717) is 19.1 Å². The van der Waals surface area contributed by atoms with Gasteiger partial charge in [-0.05, 0) is 44.5 Å². The lowest BCUT2D eigenvalue weighted by Crippen LogP contribution is -2.33. The van der Waals surface area contributed by atoms with Crippen LogP contribution in [0.3, 0.4) is 0 Å². The molecule has 0 aromatic carbocycles. The zero-order chi connectivity index (χ0) is 14.5. The topological polar surface area (TPSA) is 54.5 Å². The van der Waals surface area contributed by atoms with Gasteiger partial charge in [-0.2, -0.15) is 0 Å². The maximum Gasteiger partial charge on any atom is 0.254 e. The second-order valence-corrected chi connectivity index (χ2v) is 5.75. The highest BCUT2D eigenvalue weighted by Gasteiger charge is 2.21. The van der Waals surface area contributed by atoms with Crippen molar-refractivity contribution in [1.29, 1.82) is 0 Å². The van der Waals surface area contributed by atoms with Gasteiger partial charge in [0, 0.05) is 43.1 Å². The van der Waals surface area contributed by atoms with E-state index in [0.717, 1.165) is 56.8 Å². The fourth-order valence-electron chi connectivity index (χ4n) is 3.05. The predicted octanol–water partition coefficient (Wildman–Crippen LogP) is 1.41. The van der Waals surface area contributed by atoms with Crippen LogP contribution in [0.5, 0.6) is 0 Å². The first-order valence-electron chi connectivity index (χ1n) is 7.88. The molecule has 1 aromatic rings. The van der Waals surface area contributed by atoms with Crippen LogP contribution in [0.4, 0.5) is 0 Å². The van der Waals surface area contributed by atoms with E-state index in [9.17, 15) is 4.79 Å². The van der Waals surface area contributed by atoms with Crippen molar-refractivity contribution in [3.05, 3.63) is 29.6 Å². The van der Waals surface area contributed by atoms with Gasteiger partial charge in [0.05, 0.1) is 6.61 Å². The Kier molecular flexibility index (Phi) is 4.83. The largest absolute Gasteiger partial charge is 0.380 e. The summed E-state index contributed by atoms with van der Waals surface area (Å²) in [6.45, 7) is 4.92. The maximum atomic E-state index is 12.6. The van der Waals surface area contributed by atoms with Gasteiger partial charge < -0.3 is 15.0 Å². The van der Waals surface area contributed by atoms with Crippen molar-refractivity contribution in [3.63, 3.8) is 0 Å². The highest BCUT2D eigenvalue weighted by Crippen LogP contribution is 2.24. The summed E-state index contributed by atoms with van der Waals surface area (Å²) in [7, 11) is 0. The van der Waals surface area contributed by atoms with E-state index in [4.69, 9.17) is 4.74 Å². The number of carbonyl (C=O) groups excluding carboxylic acids is 1. The van der Waals surface area contributed by atoms with E-state index >= 15 is 0 Å². The fraction of sp³-hybridized carbons (Fsp3) is 0.625. The van der Waals surface area contributed by atoms with Crippen LogP contribution in [0.2, 0.25) is 0 Å². The Morgan fingerprint density at radius 2 is 2.14 bits per heavy atom. The molecule has 5 heteroatoms. The van der Waals surface area contributed by atoms with Crippen molar-refractivity contribution in [1.82, 2.24) is 15.2 Å². The molecule has 0 spiro atoms. The molecular formula is C16H23N3O2. The molecule has 3 heterocycles. The predicted molar refractivity (Wildman–Crippen MR) is 80.4 cm³/mol. The first-order chi connectivity index (χ1) is 10.3. The SMILES string of the molecule is O=C(c1ccnc(C2CCNCC2)c1)N1CCCOCC1. The number of aromatic nitrogens is 1. The summed E-state index contributed by atoms with van der Waals surface area (Å²) in [6, 6.07) is 3.82. The first kappa shape index (κ1) is 14.5. The zero-order valence-corrected chi connectivity index (χ0v) is 12.4. The van der Waals surface area contributed by atoms with Gasteiger partial charge in [0.25, 0.3) is 5.91 Å². The van der Waals surface area contributed by atoms with Crippen molar-refractivity contribution >= 4 is 5.91 Å². The molecular weight excluding hydrogens is 266 g/mol. The quantitative estimate of drug-likeness (QED) is 0.894. The van der Waals surface area contributed by atoms with Crippen LogP contribution in [0.1, 0.15) is 41.2 Å². The van der Waals surface area contributed by atoms with Crippen LogP contribution in [-0.4, -0.2) is 55.2 Å². The van der Waals surface area contributed by atoms with Gasteiger partial charge in [0.15, 0.2) is 0 Å². The summed E-state index contributed by atoms with van der Waals surface area (Å²) in [5.74, 6) is 0.588. The molecule has 2 saturated heterocycles. The molecule has 0 saturated carbocycles. The van der Waals surface area contributed by atoms with Crippen molar-refractivity contribution < 1.29 is 9.53 Å². The monoisotopic (exact) mass is 289 g/mol. The Morgan fingerprint density at radius 3 is 3.00 bits per heavy atom. The Bertz CT molecular complexity index is 478. The van der Waals surface area contributed by atoms with Gasteiger partial charge in [-0.15, -0.1) is 0 Å². The second kappa shape index (κ2) is 7.00. The lowest BCUT2D eigenvalue weighted by atomic mass is 9.93. The van der Waals surface area contributed by atoms with E-state index in [2.05, 4.69) is 10.3 Å². The number of carbonyl (C=O) groups is 1. The summed E-state index contributed by atoms with van der Waals surface area (Å²) >= 11 is 0. The van der Waals surface area contributed by atoms with Crippen molar-refractivity contribution in [2.24, 2.45) is 0 Å². The van der Waals surface area contributed by atoms with Gasteiger partial charge in [0.1, 0.15) is 0 Å². The molecule has 21 heavy (non-hydrogen) atoms. The number of nitrogens with zero attached hydrogens (tertiary/aromatic N) is 2. The average molecular weight is 289 g/mol. The number of nitrogens with one attached hydrogen (secondary N) is 1. The summed E-state index contributed by atoms with van der Waals surface area (Å²) in [5, 5.41) is 3.36. The van der Waals surface area contributed by atoms with Crippen LogP contribution in [-0.2, 0) is 4.74 Å². The molecule has 0 unspecified atom stereocenters. The maximum absolute atomic E-state index is 12.6. The molecule has 2 fully saturated rings. The third-order valence-corrected chi connectivity index (χ3v) is 4.29. The smallest absolute Gasteiger partial charge is 0.254 e. The van der Waals surface area contributed by atoms with Crippen molar-refractivity contribution in [2.45, 2.75) is 25.2 Å². The highest BCUT2D eigenvalue weighted by atomic mass is 16.5. The molecule has 0 bridgehead atoms. The molecule has 0 radical (unpaired) electrons. The first-order valence-corrected chi connectivity index (χ1v) is 7.88. The Hall–Kier alpha value is -1.46. The van der Waals surface area contributed by atoms with Crippen LogP contribution in [0, 0.1) is 0 Å². The number of ether oxygens (including phenoxy) is 1. The standard InChI is InChI=1S/C16H23N3O2/c20-16(19-8-1-10-21-11-9-19)14-4-7-18-15(12-14)13-2-5-17-6-3-13/h4,7,12-13,17H,1-3,5-6,8-11H2. The molecule has 114 valence electrons. The molecule has 2 aliphatic rings. The zero-order valence-electron chi connectivity index (χ0n) is 12.4. The molecule has 2 aliphatic heterocycles. The van der Waals surface area contributed by atoms with Gasteiger partial charge in [-0.3, -0.25) is 9.78 Å². The number of piperidine rings is 1. The normalized spacial score (nSPS) is 21.0. The summed E-state index contributed by atoms with van der Waals surface area (Å²) in [6.07, 6.45) is 4.89. The molecule has 0 aliphatic carbocycles. The van der Waals surface area contributed by atoms with E-state index in [1.165, 1.54) is 0 Å². The number of pyridine rings is 1. The highest BCUT2D eigenvalue weighted by molar-refractivity contribution is 5.94. The van der Waals surface area contributed by atoms with Gasteiger partial charge >= 0.3 is 0 Å². The average Bonchev–Trinajstić information content (AvgIpc) is 2.84. The van der Waals surface area contributed by atoms with Gasteiger partial charge in [0.2, 0.25) is 0 Å². The van der Waals surface area contributed by atoms with Gasteiger partial charge in [-0.25, -0.2) is 0 Å². The summed E-state index contributed by atoms with van der Waals surface area (Å²) < 4.78 is 5.42. The van der Waals surface area contributed by atoms with E-state index < -0.39 is 0 Å². The van der Waals surface area contributed by atoms with E-state index in [1.54, 1.807) is 6.20 Å². The van der Waals surface area contributed by atoms with E-state index in [1.807, 2.05) is 17.0 Å². The second-order valence-electron chi connectivity index (χ2n) is 5.75. The number of rotatable bonds is 2. The number of amides is 1.